The lowest BCUT2D eigenvalue weighted by atomic mass is 10.3. The van der Waals surface area contributed by atoms with Crippen LogP contribution in [0.3, 0.4) is 0 Å². The van der Waals surface area contributed by atoms with Gasteiger partial charge in [0, 0.05) is 26.7 Å². The normalized spacial score (nSPS) is 11.4. The summed E-state index contributed by atoms with van der Waals surface area (Å²) in [4.78, 5) is 2.37. The first-order chi connectivity index (χ1) is 8.67. The largest absolute Gasteiger partial charge is 0.383 e. The van der Waals surface area contributed by atoms with Crippen molar-refractivity contribution in [3.05, 3.63) is 15.9 Å². The molecular formula is C13H24BrN3O. The number of rotatable bonds is 8. The summed E-state index contributed by atoms with van der Waals surface area (Å²) < 4.78 is 8.41. The molecular weight excluding hydrogens is 294 g/mol. The number of halogens is 1. The Hall–Kier alpha value is -0.390. The predicted molar refractivity (Wildman–Crippen MR) is 77.8 cm³/mol. The van der Waals surface area contributed by atoms with E-state index >= 15 is 0 Å². The molecule has 1 aromatic heterocycles. The van der Waals surface area contributed by atoms with Gasteiger partial charge in [-0.3, -0.25) is 9.58 Å². The van der Waals surface area contributed by atoms with Crippen LogP contribution in [0, 0.1) is 0 Å². The molecule has 0 atom stereocenters. The van der Waals surface area contributed by atoms with E-state index in [2.05, 4.69) is 51.4 Å². The van der Waals surface area contributed by atoms with Crippen LogP contribution in [0.15, 0.2) is 4.47 Å². The Kier molecular flexibility index (Phi) is 6.89. The first-order valence-corrected chi connectivity index (χ1v) is 7.42. The fourth-order valence-electron chi connectivity index (χ4n) is 1.95. The average molecular weight is 318 g/mol. The lowest BCUT2D eigenvalue weighted by molar-refractivity contribution is 0.145. The van der Waals surface area contributed by atoms with Crippen LogP contribution >= 0.6 is 15.9 Å². The van der Waals surface area contributed by atoms with E-state index in [1.807, 2.05) is 0 Å². The molecule has 1 heterocycles. The van der Waals surface area contributed by atoms with Crippen LogP contribution in [0.25, 0.3) is 0 Å². The fourth-order valence-corrected chi connectivity index (χ4v) is 2.64. The Morgan fingerprint density at radius 1 is 1.33 bits per heavy atom. The third kappa shape index (κ3) is 3.80. The SMILES string of the molecule is CCc1nn(CC)c(CN(CC)CCOC)c1Br. The van der Waals surface area contributed by atoms with Crippen molar-refractivity contribution in [2.75, 3.05) is 26.8 Å². The van der Waals surface area contributed by atoms with Crippen molar-refractivity contribution < 1.29 is 4.74 Å². The standard InChI is InChI=1S/C13H24BrN3O/c1-5-11-13(14)12(17(7-3)15-11)10-16(6-2)8-9-18-4/h5-10H2,1-4H3. The number of nitrogens with zero attached hydrogens (tertiary/aromatic N) is 3. The average Bonchev–Trinajstić information content (AvgIpc) is 2.70. The first-order valence-electron chi connectivity index (χ1n) is 6.63. The number of likely N-dealkylation sites (N-methyl/N-ethyl adjacent to an activating group) is 1. The van der Waals surface area contributed by atoms with E-state index in [1.54, 1.807) is 7.11 Å². The molecule has 104 valence electrons. The van der Waals surface area contributed by atoms with Crippen LogP contribution in [0.5, 0.6) is 0 Å². The number of hydrogen-bond acceptors (Lipinski definition) is 3. The lowest BCUT2D eigenvalue weighted by Gasteiger charge is -2.20. The zero-order chi connectivity index (χ0) is 13.5. The summed E-state index contributed by atoms with van der Waals surface area (Å²) in [5, 5.41) is 4.63. The third-order valence-corrected chi connectivity index (χ3v) is 4.04. The van der Waals surface area contributed by atoms with Gasteiger partial charge in [-0.2, -0.15) is 5.10 Å². The summed E-state index contributed by atoms with van der Waals surface area (Å²) in [5.41, 5.74) is 2.42. The Morgan fingerprint density at radius 2 is 2.06 bits per heavy atom. The molecule has 0 aliphatic heterocycles. The van der Waals surface area contributed by atoms with Crippen molar-refractivity contribution in [2.45, 2.75) is 40.3 Å². The highest BCUT2D eigenvalue weighted by atomic mass is 79.9. The van der Waals surface area contributed by atoms with Crippen molar-refractivity contribution >= 4 is 15.9 Å². The van der Waals surface area contributed by atoms with Gasteiger partial charge in [-0.25, -0.2) is 0 Å². The van der Waals surface area contributed by atoms with Gasteiger partial charge in [0.25, 0.3) is 0 Å². The fraction of sp³-hybridized carbons (Fsp3) is 0.769. The minimum atomic E-state index is 0.770. The molecule has 0 radical (unpaired) electrons. The molecule has 1 aromatic rings. The van der Waals surface area contributed by atoms with Gasteiger partial charge >= 0.3 is 0 Å². The highest BCUT2D eigenvalue weighted by molar-refractivity contribution is 9.10. The molecule has 0 amide bonds. The molecule has 4 nitrogen and oxygen atoms in total. The van der Waals surface area contributed by atoms with Crippen molar-refractivity contribution in [2.24, 2.45) is 0 Å². The Balaban J connectivity index is 2.83. The minimum Gasteiger partial charge on any atom is -0.383 e. The van der Waals surface area contributed by atoms with E-state index in [4.69, 9.17) is 4.74 Å². The zero-order valence-corrected chi connectivity index (χ0v) is 13.5. The second-order valence-corrected chi connectivity index (χ2v) is 5.03. The maximum Gasteiger partial charge on any atom is 0.0767 e. The molecule has 0 saturated heterocycles. The van der Waals surface area contributed by atoms with Crippen LogP contribution in [0.1, 0.15) is 32.2 Å². The minimum absolute atomic E-state index is 0.770. The Morgan fingerprint density at radius 3 is 2.56 bits per heavy atom. The Labute approximate surface area is 118 Å². The number of hydrogen-bond donors (Lipinski definition) is 0. The monoisotopic (exact) mass is 317 g/mol. The number of aryl methyl sites for hydroxylation is 2. The number of aromatic nitrogens is 2. The summed E-state index contributed by atoms with van der Waals surface area (Å²) in [6, 6.07) is 0. The van der Waals surface area contributed by atoms with Gasteiger partial charge in [0.1, 0.15) is 0 Å². The van der Waals surface area contributed by atoms with Crippen LogP contribution in [0.2, 0.25) is 0 Å². The molecule has 0 fully saturated rings. The van der Waals surface area contributed by atoms with Crippen LogP contribution in [-0.2, 0) is 24.2 Å². The third-order valence-electron chi connectivity index (χ3n) is 3.13. The van der Waals surface area contributed by atoms with Gasteiger partial charge < -0.3 is 4.74 Å². The van der Waals surface area contributed by atoms with Crippen LogP contribution < -0.4 is 0 Å². The van der Waals surface area contributed by atoms with E-state index in [9.17, 15) is 0 Å². The molecule has 0 aliphatic rings. The molecule has 0 aliphatic carbocycles. The molecule has 0 unspecified atom stereocenters. The summed E-state index contributed by atoms with van der Waals surface area (Å²) in [7, 11) is 1.75. The summed E-state index contributed by atoms with van der Waals surface area (Å²) >= 11 is 3.69. The van der Waals surface area contributed by atoms with Gasteiger partial charge in [0.05, 0.1) is 22.5 Å². The maximum absolute atomic E-state index is 5.15. The quantitative estimate of drug-likeness (QED) is 0.738. The van der Waals surface area contributed by atoms with Gasteiger partial charge in [-0.1, -0.05) is 13.8 Å². The van der Waals surface area contributed by atoms with E-state index in [0.29, 0.717) is 0 Å². The van der Waals surface area contributed by atoms with Gasteiger partial charge in [0.2, 0.25) is 0 Å². The maximum atomic E-state index is 5.15. The molecule has 18 heavy (non-hydrogen) atoms. The van der Waals surface area contributed by atoms with Crippen molar-refractivity contribution in [3.8, 4) is 0 Å². The summed E-state index contributed by atoms with van der Waals surface area (Å²) in [6.07, 6.45) is 0.963. The van der Waals surface area contributed by atoms with Crippen LogP contribution in [0.4, 0.5) is 0 Å². The summed E-state index contributed by atoms with van der Waals surface area (Å²) in [5.74, 6) is 0. The van der Waals surface area contributed by atoms with Gasteiger partial charge in [-0.15, -0.1) is 0 Å². The molecule has 0 saturated carbocycles. The predicted octanol–water partition coefficient (Wildman–Crippen LogP) is 2.70. The molecule has 0 aromatic carbocycles. The topological polar surface area (TPSA) is 30.3 Å². The molecule has 0 N–H and O–H groups in total. The molecule has 0 spiro atoms. The molecule has 0 bridgehead atoms. The molecule has 5 heteroatoms. The highest BCUT2D eigenvalue weighted by Gasteiger charge is 2.16. The second-order valence-electron chi connectivity index (χ2n) is 4.24. The number of ether oxygens (including phenoxy) is 1. The smallest absolute Gasteiger partial charge is 0.0767 e. The number of methoxy groups -OCH3 is 1. The van der Waals surface area contributed by atoms with Crippen molar-refractivity contribution in [1.82, 2.24) is 14.7 Å². The van der Waals surface area contributed by atoms with Crippen molar-refractivity contribution in [1.29, 1.82) is 0 Å². The summed E-state index contributed by atoms with van der Waals surface area (Å²) in [6.45, 7) is 11.0. The second kappa shape index (κ2) is 7.92. The first kappa shape index (κ1) is 15.7. The van der Waals surface area contributed by atoms with Gasteiger partial charge in [-0.05, 0) is 35.8 Å². The van der Waals surface area contributed by atoms with E-state index in [1.165, 1.54) is 10.2 Å². The van der Waals surface area contributed by atoms with Crippen molar-refractivity contribution in [3.63, 3.8) is 0 Å². The Bertz CT molecular complexity index is 365. The van der Waals surface area contributed by atoms with E-state index < -0.39 is 0 Å². The van der Waals surface area contributed by atoms with E-state index in [0.717, 1.165) is 44.9 Å². The molecule has 1 rings (SSSR count). The van der Waals surface area contributed by atoms with E-state index in [-0.39, 0.29) is 0 Å². The van der Waals surface area contributed by atoms with Gasteiger partial charge in [0.15, 0.2) is 0 Å². The van der Waals surface area contributed by atoms with Crippen LogP contribution in [-0.4, -0.2) is 41.5 Å². The zero-order valence-electron chi connectivity index (χ0n) is 11.9. The highest BCUT2D eigenvalue weighted by Crippen LogP contribution is 2.23. The lowest BCUT2D eigenvalue weighted by Crippen LogP contribution is -2.28.